The molecule has 2 N–H and O–H groups in total. The van der Waals surface area contributed by atoms with Gasteiger partial charge in [-0.1, -0.05) is 0 Å². The van der Waals surface area contributed by atoms with Crippen LogP contribution in [0, 0.1) is 0 Å². The smallest absolute Gasteiger partial charge is 0.347 e. The van der Waals surface area contributed by atoms with Crippen LogP contribution >= 0.6 is 0 Å². The molecule has 0 spiro atoms. The van der Waals surface area contributed by atoms with E-state index in [1.54, 1.807) is 6.07 Å². The Kier molecular flexibility index (Phi) is 5.41. The van der Waals surface area contributed by atoms with Gasteiger partial charge in [0.1, 0.15) is 29.3 Å². The Morgan fingerprint density at radius 1 is 1.21 bits per heavy atom. The van der Waals surface area contributed by atoms with Gasteiger partial charge in [-0.15, -0.1) is 0 Å². The van der Waals surface area contributed by atoms with Gasteiger partial charge in [-0.25, -0.2) is 4.79 Å². The Bertz CT molecular complexity index is 821. The molecule has 0 aliphatic heterocycles. The van der Waals surface area contributed by atoms with E-state index in [2.05, 4.69) is 0 Å². The van der Waals surface area contributed by atoms with Gasteiger partial charge in [0.05, 0.1) is 7.11 Å². The van der Waals surface area contributed by atoms with Gasteiger partial charge in [0.2, 0.25) is 0 Å². The second-order valence-electron chi connectivity index (χ2n) is 5.02. The van der Waals surface area contributed by atoms with E-state index in [-0.39, 0.29) is 42.8 Å². The number of aliphatic carboxylic acids is 1. The van der Waals surface area contributed by atoms with Crippen LogP contribution in [-0.2, 0) is 20.9 Å². The van der Waals surface area contributed by atoms with E-state index < -0.39 is 17.6 Å². The topological polar surface area (TPSA) is 123 Å². The largest absolute Gasteiger partial charge is 0.507 e. The zero-order valence-electron chi connectivity index (χ0n) is 12.9. The van der Waals surface area contributed by atoms with Crippen molar-refractivity contribution in [3.05, 3.63) is 34.4 Å². The van der Waals surface area contributed by atoms with Crippen molar-refractivity contribution < 1.29 is 33.7 Å². The first-order chi connectivity index (χ1) is 11.4. The Balaban J connectivity index is 2.11. The molecule has 0 aliphatic rings. The Labute approximate surface area is 136 Å². The lowest BCUT2D eigenvalue weighted by molar-refractivity contribution is -0.145. The van der Waals surface area contributed by atoms with Gasteiger partial charge < -0.3 is 24.1 Å². The highest BCUT2D eigenvalue weighted by Gasteiger charge is 2.13. The van der Waals surface area contributed by atoms with Crippen LogP contribution in [0.15, 0.2) is 27.4 Å². The van der Waals surface area contributed by atoms with Crippen LogP contribution in [-0.4, -0.2) is 29.3 Å². The lowest BCUT2D eigenvalue weighted by Crippen LogP contribution is -2.08. The minimum Gasteiger partial charge on any atom is -0.507 e. The third-order valence-corrected chi connectivity index (χ3v) is 3.25. The zero-order valence-corrected chi connectivity index (χ0v) is 12.9. The first-order valence-corrected chi connectivity index (χ1v) is 7.12. The molecule has 1 heterocycles. The van der Waals surface area contributed by atoms with E-state index in [0.29, 0.717) is 11.1 Å². The van der Waals surface area contributed by atoms with Crippen molar-refractivity contribution in [1.29, 1.82) is 0 Å². The molecule has 0 aliphatic carbocycles. The molecule has 2 rings (SSSR count). The molecule has 2 aromatic rings. The molecule has 1 aromatic carbocycles. The average Bonchev–Trinajstić information content (AvgIpc) is 2.51. The molecule has 0 fully saturated rings. The second kappa shape index (κ2) is 7.49. The molecule has 8 heteroatoms. The van der Waals surface area contributed by atoms with E-state index >= 15 is 0 Å². The number of phenols is 1. The van der Waals surface area contributed by atoms with Gasteiger partial charge >= 0.3 is 17.6 Å². The number of rotatable bonds is 7. The number of carbonyl (C=O) groups excluding carboxylic acids is 1. The molecule has 24 heavy (non-hydrogen) atoms. The third kappa shape index (κ3) is 4.25. The number of methoxy groups -OCH3 is 1. The molecule has 128 valence electrons. The summed E-state index contributed by atoms with van der Waals surface area (Å²) in [7, 11) is 1.42. The number of ether oxygens (including phenoxy) is 2. The number of aromatic hydroxyl groups is 1. The summed E-state index contributed by atoms with van der Waals surface area (Å²) >= 11 is 0. The molecule has 0 atom stereocenters. The van der Waals surface area contributed by atoms with Crippen LogP contribution in [0.2, 0.25) is 0 Å². The number of carboxylic acids is 1. The van der Waals surface area contributed by atoms with Gasteiger partial charge in [0, 0.05) is 18.9 Å². The molecular formula is C16H16O8. The van der Waals surface area contributed by atoms with E-state index in [9.17, 15) is 19.5 Å². The van der Waals surface area contributed by atoms with Crippen LogP contribution in [0.25, 0.3) is 10.8 Å². The van der Waals surface area contributed by atoms with Crippen molar-refractivity contribution in [1.82, 2.24) is 0 Å². The summed E-state index contributed by atoms with van der Waals surface area (Å²) in [6.07, 6.45) is -0.00113. The van der Waals surface area contributed by atoms with Crippen molar-refractivity contribution >= 4 is 22.7 Å². The fraction of sp³-hybridized carbons (Fsp3) is 0.312. The van der Waals surface area contributed by atoms with Gasteiger partial charge in [-0.05, 0) is 23.9 Å². The monoisotopic (exact) mass is 336 g/mol. The third-order valence-electron chi connectivity index (χ3n) is 3.25. The highest BCUT2D eigenvalue weighted by molar-refractivity contribution is 5.88. The summed E-state index contributed by atoms with van der Waals surface area (Å²) in [6, 6.07) is 4.30. The standard InChI is InChI=1S/C16H16O8/c1-22-10-5-9-6-11(24-16(21)15(9)12(17)7-10)8-23-14(20)4-2-3-13(18)19/h5-7,17H,2-4,8H2,1H3,(H,18,19). The van der Waals surface area contributed by atoms with Crippen molar-refractivity contribution in [3.63, 3.8) is 0 Å². The summed E-state index contributed by atoms with van der Waals surface area (Å²) in [5.74, 6) is -1.38. The molecule has 1 aromatic heterocycles. The molecule has 0 saturated heterocycles. The number of hydrogen-bond donors (Lipinski definition) is 2. The predicted octanol–water partition coefficient (Wildman–Crippen LogP) is 1.81. The lowest BCUT2D eigenvalue weighted by Gasteiger charge is -2.07. The Hall–Kier alpha value is -3.03. The van der Waals surface area contributed by atoms with Crippen LogP contribution in [0.5, 0.6) is 11.5 Å². The first kappa shape index (κ1) is 17.3. The summed E-state index contributed by atoms with van der Waals surface area (Å²) in [6.45, 7) is -0.269. The first-order valence-electron chi connectivity index (χ1n) is 7.12. The van der Waals surface area contributed by atoms with E-state index in [1.165, 1.54) is 19.2 Å². The average molecular weight is 336 g/mol. The maximum Gasteiger partial charge on any atom is 0.347 e. The number of carbonyl (C=O) groups is 2. The number of hydrogen-bond acceptors (Lipinski definition) is 7. The highest BCUT2D eigenvalue weighted by atomic mass is 16.5. The summed E-state index contributed by atoms with van der Waals surface area (Å²) in [5.41, 5.74) is -0.760. The van der Waals surface area contributed by atoms with Crippen LogP contribution in [0.4, 0.5) is 0 Å². The Morgan fingerprint density at radius 3 is 2.62 bits per heavy atom. The number of fused-ring (bicyclic) bond motifs is 1. The van der Waals surface area contributed by atoms with Crippen molar-refractivity contribution in [2.75, 3.05) is 7.11 Å². The number of phenolic OH excluding ortho intramolecular Hbond substituents is 1. The fourth-order valence-corrected chi connectivity index (χ4v) is 2.13. The Morgan fingerprint density at radius 2 is 1.96 bits per heavy atom. The molecule has 0 bridgehead atoms. The fourth-order valence-electron chi connectivity index (χ4n) is 2.13. The summed E-state index contributed by atoms with van der Waals surface area (Å²) in [4.78, 5) is 33.8. The molecule has 8 nitrogen and oxygen atoms in total. The minimum atomic E-state index is -0.989. The molecular weight excluding hydrogens is 320 g/mol. The van der Waals surface area contributed by atoms with E-state index in [0.717, 1.165) is 0 Å². The van der Waals surface area contributed by atoms with Gasteiger partial charge in [0.15, 0.2) is 0 Å². The van der Waals surface area contributed by atoms with E-state index in [1.807, 2.05) is 0 Å². The lowest BCUT2D eigenvalue weighted by atomic mass is 10.1. The molecule has 0 amide bonds. The zero-order chi connectivity index (χ0) is 17.7. The second-order valence-corrected chi connectivity index (χ2v) is 5.02. The van der Waals surface area contributed by atoms with Gasteiger partial charge in [-0.2, -0.15) is 0 Å². The maximum absolute atomic E-state index is 11.9. The summed E-state index contributed by atoms with van der Waals surface area (Å²) in [5, 5.41) is 18.7. The van der Waals surface area contributed by atoms with Gasteiger partial charge in [-0.3, -0.25) is 9.59 Å². The minimum absolute atomic E-state index is 0.00679. The predicted molar refractivity (Wildman–Crippen MR) is 82.0 cm³/mol. The quantitative estimate of drug-likeness (QED) is 0.734. The number of benzene rings is 1. The van der Waals surface area contributed by atoms with E-state index in [4.69, 9.17) is 19.0 Å². The SMILES string of the molecule is COc1cc(O)c2c(=O)oc(COC(=O)CCCC(=O)O)cc2c1. The van der Waals surface area contributed by atoms with Crippen LogP contribution in [0.3, 0.4) is 0 Å². The van der Waals surface area contributed by atoms with Gasteiger partial charge in [0.25, 0.3) is 0 Å². The number of carboxylic acid groups (broad SMARTS) is 1. The number of esters is 1. The normalized spacial score (nSPS) is 10.5. The maximum atomic E-state index is 11.9. The van der Waals surface area contributed by atoms with Crippen LogP contribution < -0.4 is 10.4 Å². The van der Waals surface area contributed by atoms with Crippen molar-refractivity contribution in [2.45, 2.75) is 25.9 Å². The molecule has 0 unspecified atom stereocenters. The molecule has 0 radical (unpaired) electrons. The van der Waals surface area contributed by atoms with Crippen molar-refractivity contribution in [3.8, 4) is 11.5 Å². The molecule has 0 saturated carbocycles. The summed E-state index contributed by atoms with van der Waals surface area (Å²) < 4.78 is 15.0. The highest BCUT2D eigenvalue weighted by Crippen LogP contribution is 2.28. The van der Waals surface area contributed by atoms with Crippen LogP contribution in [0.1, 0.15) is 25.0 Å². The van der Waals surface area contributed by atoms with Crippen molar-refractivity contribution in [2.24, 2.45) is 0 Å².